The van der Waals surface area contributed by atoms with Crippen LogP contribution in [0.25, 0.3) is 10.4 Å². The third kappa shape index (κ3) is 5.54. The number of hydrogen-bond donors (Lipinski definition) is 2. The molecule has 2 N–H and O–H groups in total. The Bertz CT molecular complexity index is 1050. The second-order valence-corrected chi connectivity index (χ2v) is 6.92. The highest BCUT2D eigenvalue weighted by Gasteiger charge is 2.29. The van der Waals surface area contributed by atoms with Crippen LogP contribution in [0.3, 0.4) is 0 Å². The molecule has 0 spiro atoms. The van der Waals surface area contributed by atoms with E-state index in [-0.39, 0.29) is 16.3 Å². The molecule has 2 heterocycles. The normalized spacial score (nSPS) is 11.1. The standard InChI is InChI=1S/C19H13F4N3O3S/c20-12-5-3-11(4-6-12)14-7-8-15(30-14)17(28)26-25-16(27)13-2-1-9-24-18(13)29-10-19(21,22)23/h1-9H,10H2,(H,25,27)(H,26,28). The summed E-state index contributed by atoms with van der Waals surface area (Å²) in [5.41, 5.74) is 4.72. The maximum absolute atomic E-state index is 13.0. The first-order valence-electron chi connectivity index (χ1n) is 8.34. The van der Waals surface area contributed by atoms with E-state index in [1.165, 1.54) is 36.5 Å². The molecular weight excluding hydrogens is 426 g/mol. The molecule has 0 unspecified atom stereocenters. The van der Waals surface area contributed by atoms with E-state index in [4.69, 9.17) is 0 Å². The average Bonchev–Trinajstić information content (AvgIpc) is 3.21. The van der Waals surface area contributed by atoms with E-state index in [1.54, 1.807) is 18.2 Å². The van der Waals surface area contributed by atoms with Crippen molar-refractivity contribution in [3.05, 3.63) is 71.0 Å². The fourth-order valence-electron chi connectivity index (χ4n) is 2.30. The van der Waals surface area contributed by atoms with Gasteiger partial charge < -0.3 is 4.74 Å². The molecule has 0 bridgehead atoms. The van der Waals surface area contributed by atoms with Crippen LogP contribution in [0.15, 0.2) is 54.7 Å². The molecule has 0 aliphatic rings. The molecule has 0 aliphatic heterocycles. The average molecular weight is 439 g/mol. The molecule has 11 heteroatoms. The fourth-order valence-corrected chi connectivity index (χ4v) is 3.21. The zero-order chi connectivity index (χ0) is 21.7. The third-order valence-electron chi connectivity index (χ3n) is 3.64. The summed E-state index contributed by atoms with van der Waals surface area (Å²) >= 11 is 1.11. The van der Waals surface area contributed by atoms with Gasteiger partial charge in [0.1, 0.15) is 11.4 Å². The summed E-state index contributed by atoms with van der Waals surface area (Å²) in [6.45, 7) is -1.61. The van der Waals surface area contributed by atoms with Crippen molar-refractivity contribution in [1.29, 1.82) is 0 Å². The van der Waals surface area contributed by atoms with Crippen molar-refractivity contribution in [3.8, 4) is 16.3 Å². The molecular formula is C19H13F4N3O3S. The zero-order valence-electron chi connectivity index (χ0n) is 15.0. The van der Waals surface area contributed by atoms with Gasteiger partial charge in [0.05, 0.1) is 4.88 Å². The molecule has 0 radical (unpaired) electrons. The van der Waals surface area contributed by atoms with Crippen molar-refractivity contribution in [2.45, 2.75) is 6.18 Å². The number of nitrogens with zero attached hydrogens (tertiary/aromatic N) is 1. The minimum absolute atomic E-state index is 0.259. The van der Waals surface area contributed by atoms with Crippen LogP contribution in [-0.4, -0.2) is 29.6 Å². The molecule has 30 heavy (non-hydrogen) atoms. The van der Waals surface area contributed by atoms with Crippen molar-refractivity contribution in [1.82, 2.24) is 15.8 Å². The largest absolute Gasteiger partial charge is 0.467 e. The van der Waals surface area contributed by atoms with Crippen LogP contribution in [0.2, 0.25) is 0 Å². The number of carbonyl (C=O) groups excluding carboxylic acids is 2. The van der Waals surface area contributed by atoms with Crippen molar-refractivity contribution in [3.63, 3.8) is 0 Å². The van der Waals surface area contributed by atoms with Crippen molar-refractivity contribution >= 4 is 23.2 Å². The number of carbonyl (C=O) groups is 2. The first-order chi connectivity index (χ1) is 14.2. The number of thiophene rings is 1. The number of aromatic nitrogens is 1. The number of rotatable bonds is 5. The molecule has 6 nitrogen and oxygen atoms in total. The van der Waals surface area contributed by atoms with Gasteiger partial charge >= 0.3 is 6.18 Å². The van der Waals surface area contributed by atoms with Gasteiger partial charge in [0, 0.05) is 11.1 Å². The molecule has 2 amide bonds. The molecule has 0 saturated carbocycles. The minimum atomic E-state index is -4.60. The van der Waals surface area contributed by atoms with Crippen LogP contribution in [-0.2, 0) is 0 Å². The van der Waals surface area contributed by atoms with Gasteiger partial charge in [-0.15, -0.1) is 11.3 Å². The first kappa shape index (κ1) is 21.2. The van der Waals surface area contributed by atoms with Crippen molar-refractivity contribution < 1.29 is 31.9 Å². The van der Waals surface area contributed by atoms with Gasteiger partial charge in [0.15, 0.2) is 6.61 Å². The number of hydrogen-bond acceptors (Lipinski definition) is 5. The van der Waals surface area contributed by atoms with Crippen LogP contribution in [0.5, 0.6) is 5.88 Å². The number of benzene rings is 1. The predicted octanol–water partition coefficient (Wildman–Crippen LogP) is 3.97. The van der Waals surface area contributed by atoms with Crippen LogP contribution >= 0.6 is 11.3 Å². The minimum Gasteiger partial charge on any atom is -0.467 e. The Morgan fingerprint density at radius 3 is 2.40 bits per heavy atom. The van der Waals surface area contributed by atoms with Gasteiger partial charge in [-0.3, -0.25) is 20.4 Å². The first-order valence-corrected chi connectivity index (χ1v) is 9.15. The zero-order valence-corrected chi connectivity index (χ0v) is 15.8. The lowest BCUT2D eigenvalue weighted by atomic mass is 10.2. The fraction of sp³-hybridized carbons (Fsp3) is 0.105. The molecule has 0 atom stereocenters. The van der Waals surface area contributed by atoms with E-state index in [1.807, 2.05) is 0 Å². The van der Waals surface area contributed by atoms with Crippen LogP contribution in [0, 0.1) is 5.82 Å². The number of amides is 2. The van der Waals surface area contributed by atoms with Crippen LogP contribution in [0.1, 0.15) is 20.0 Å². The summed E-state index contributed by atoms with van der Waals surface area (Å²) < 4.78 is 54.6. The van der Waals surface area contributed by atoms with Crippen molar-refractivity contribution in [2.24, 2.45) is 0 Å². The Morgan fingerprint density at radius 2 is 1.70 bits per heavy atom. The van der Waals surface area contributed by atoms with Gasteiger partial charge in [-0.25, -0.2) is 9.37 Å². The Morgan fingerprint density at radius 1 is 1.00 bits per heavy atom. The van der Waals surface area contributed by atoms with E-state index in [0.717, 1.165) is 11.3 Å². The quantitative estimate of drug-likeness (QED) is 0.466. The van der Waals surface area contributed by atoms with Gasteiger partial charge in [-0.05, 0) is 42.0 Å². The second kappa shape index (κ2) is 8.91. The molecule has 3 rings (SSSR count). The van der Waals surface area contributed by atoms with E-state index in [2.05, 4.69) is 20.6 Å². The predicted molar refractivity (Wildman–Crippen MR) is 100 cm³/mol. The van der Waals surface area contributed by atoms with E-state index in [0.29, 0.717) is 10.4 Å². The highest BCUT2D eigenvalue weighted by molar-refractivity contribution is 7.17. The van der Waals surface area contributed by atoms with Gasteiger partial charge in [0.2, 0.25) is 5.88 Å². The summed E-state index contributed by atoms with van der Waals surface area (Å²) in [6.07, 6.45) is -3.43. The monoisotopic (exact) mass is 439 g/mol. The molecule has 0 saturated heterocycles. The number of halogens is 4. The lowest BCUT2D eigenvalue weighted by Crippen LogP contribution is -2.41. The lowest BCUT2D eigenvalue weighted by molar-refractivity contribution is -0.154. The Hall–Kier alpha value is -3.47. The Balaban J connectivity index is 1.63. The third-order valence-corrected chi connectivity index (χ3v) is 4.77. The Kier molecular flexibility index (Phi) is 6.31. The number of pyridine rings is 1. The maximum Gasteiger partial charge on any atom is 0.422 e. The summed E-state index contributed by atoms with van der Waals surface area (Å²) in [5, 5.41) is 0. The molecule has 3 aromatic rings. The highest BCUT2D eigenvalue weighted by atomic mass is 32.1. The smallest absolute Gasteiger partial charge is 0.422 e. The number of hydrazine groups is 1. The van der Waals surface area contributed by atoms with Gasteiger partial charge in [-0.1, -0.05) is 12.1 Å². The topological polar surface area (TPSA) is 80.3 Å². The number of ether oxygens (including phenoxy) is 1. The molecule has 2 aromatic heterocycles. The lowest BCUT2D eigenvalue weighted by Gasteiger charge is -2.12. The van der Waals surface area contributed by atoms with E-state index in [9.17, 15) is 27.2 Å². The van der Waals surface area contributed by atoms with Crippen molar-refractivity contribution in [2.75, 3.05) is 6.61 Å². The van der Waals surface area contributed by atoms with E-state index < -0.39 is 30.5 Å². The summed E-state index contributed by atoms with van der Waals surface area (Å²) in [4.78, 5) is 29.1. The second-order valence-electron chi connectivity index (χ2n) is 5.84. The summed E-state index contributed by atoms with van der Waals surface area (Å²) in [7, 11) is 0. The number of nitrogens with one attached hydrogen (secondary N) is 2. The molecule has 1 aromatic carbocycles. The number of alkyl halides is 3. The highest BCUT2D eigenvalue weighted by Crippen LogP contribution is 2.28. The molecule has 156 valence electrons. The van der Waals surface area contributed by atoms with E-state index >= 15 is 0 Å². The van der Waals surface area contributed by atoms with Gasteiger partial charge in [-0.2, -0.15) is 13.2 Å². The van der Waals surface area contributed by atoms with Crippen LogP contribution in [0.4, 0.5) is 17.6 Å². The molecule has 0 fully saturated rings. The van der Waals surface area contributed by atoms with Gasteiger partial charge in [0.25, 0.3) is 11.8 Å². The SMILES string of the molecule is O=C(NNC(=O)c1cccnc1OCC(F)(F)F)c1ccc(-c2ccc(F)cc2)s1. The molecule has 0 aliphatic carbocycles. The summed E-state index contributed by atoms with van der Waals surface area (Å²) in [6, 6.07) is 11.4. The van der Waals surface area contributed by atoms with Crippen LogP contribution < -0.4 is 15.6 Å². The summed E-state index contributed by atoms with van der Waals surface area (Å²) in [5.74, 6) is -2.44. The maximum atomic E-state index is 13.0. The Labute approximate surface area is 171 Å².